The summed E-state index contributed by atoms with van der Waals surface area (Å²) < 4.78 is 17.9. The summed E-state index contributed by atoms with van der Waals surface area (Å²) in [5.74, 6) is -2.78. The highest BCUT2D eigenvalue weighted by molar-refractivity contribution is 5.73. The second-order valence-electron chi connectivity index (χ2n) is 13.2. The Morgan fingerprint density at radius 2 is 1.63 bits per heavy atom. The quantitative estimate of drug-likeness (QED) is 0.236. The summed E-state index contributed by atoms with van der Waals surface area (Å²) in [4.78, 5) is 16.8. The normalized spacial score (nSPS) is 48.4. The number of aliphatic hydroxyl groups is 6. The van der Waals surface area contributed by atoms with Crippen molar-refractivity contribution in [2.45, 2.75) is 140 Å². The van der Waals surface area contributed by atoms with Crippen LogP contribution in [-0.4, -0.2) is 146 Å². The SMILES string of the molecule is CC[C@H]1OC(=O)[C@H](C)[C@@H](O)[C@H](C)[C@@H](O[C@@H]2O[C@H](C)C[C@H](N(C)C)[C@H]2O)[C@](C)(O)C[C@@H](O)CN(C)[C@H](C)[C@@H](O)[C@]1(C)O. The Hall–Kier alpha value is -0.930. The van der Waals surface area contributed by atoms with Gasteiger partial charge in [-0.3, -0.25) is 9.69 Å². The summed E-state index contributed by atoms with van der Waals surface area (Å²) in [5.41, 5.74) is -3.58. The standard InChI is InChI=1S/C29H56N2O10/c1-11-21-29(7,38)24(35)18(5)31(10)14-19(32)13-28(6,37)25(16(3)22(33)17(4)26(36)40-21)41-27-23(34)20(30(8)9)12-15(2)39-27/h15-25,27,32-35,37-38H,11-14H2,1-10H3/t15-,16+,17-,18-,19-,20+,21-,22+,23-,24-,25-,27+,28-,29-/m1/s1. The van der Waals surface area contributed by atoms with E-state index in [-0.39, 0.29) is 31.5 Å². The lowest BCUT2D eigenvalue weighted by atomic mass is 9.79. The van der Waals surface area contributed by atoms with E-state index in [1.54, 1.807) is 32.7 Å². The van der Waals surface area contributed by atoms with Crippen LogP contribution in [0.4, 0.5) is 0 Å². The molecule has 242 valence electrons. The lowest BCUT2D eigenvalue weighted by molar-refractivity contribution is -0.299. The van der Waals surface area contributed by atoms with Gasteiger partial charge in [-0.05, 0) is 68.6 Å². The zero-order valence-corrected chi connectivity index (χ0v) is 26.5. The van der Waals surface area contributed by atoms with Gasteiger partial charge in [0.2, 0.25) is 0 Å². The second-order valence-corrected chi connectivity index (χ2v) is 13.2. The van der Waals surface area contributed by atoms with Gasteiger partial charge in [-0.15, -0.1) is 0 Å². The lowest BCUT2D eigenvalue weighted by Gasteiger charge is -2.46. The van der Waals surface area contributed by atoms with Crippen LogP contribution in [0.2, 0.25) is 0 Å². The molecule has 0 aromatic rings. The molecule has 2 aliphatic rings. The van der Waals surface area contributed by atoms with Crippen molar-refractivity contribution in [3.8, 4) is 0 Å². The molecule has 0 aliphatic carbocycles. The third-order valence-electron chi connectivity index (χ3n) is 9.25. The van der Waals surface area contributed by atoms with E-state index >= 15 is 0 Å². The number of hydrogen-bond acceptors (Lipinski definition) is 12. The van der Waals surface area contributed by atoms with Crippen LogP contribution in [0.15, 0.2) is 0 Å². The van der Waals surface area contributed by atoms with Crippen LogP contribution >= 0.6 is 0 Å². The molecule has 0 amide bonds. The fourth-order valence-electron chi connectivity index (χ4n) is 6.35. The molecule has 2 rings (SSSR count). The van der Waals surface area contributed by atoms with Crippen LogP contribution in [0, 0.1) is 11.8 Å². The van der Waals surface area contributed by atoms with Gasteiger partial charge in [0.05, 0.1) is 35.9 Å². The summed E-state index contributed by atoms with van der Waals surface area (Å²) in [6.07, 6.45) is -7.98. The van der Waals surface area contributed by atoms with Crippen LogP contribution in [0.25, 0.3) is 0 Å². The minimum absolute atomic E-state index is 0.0311. The first-order valence-electron chi connectivity index (χ1n) is 14.8. The summed E-state index contributed by atoms with van der Waals surface area (Å²) in [5, 5.41) is 67.7. The highest BCUT2D eigenvalue weighted by atomic mass is 16.7. The molecule has 12 nitrogen and oxygen atoms in total. The van der Waals surface area contributed by atoms with Crippen molar-refractivity contribution in [2.75, 3.05) is 27.7 Å². The number of likely N-dealkylation sites (N-methyl/N-ethyl adjacent to an activating group) is 2. The topological polar surface area (TPSA) is 173 Å². The Morgan fingerprint density at radius 3 is 2.17 bits per heavy atom. The molecule has 2 fully saturated rings. The number of hydrogen-bond donors (Lipinski definition) is 6. The molecule has 2 saturated heterocycles. The lowest BCUT2D eigenvalue weighted by Crippen LogP contribution is -2.59. The maximum absolute atomic E-state index is 13.2. The third-order valence-corrected chi connectivity index (χ3v) is 9.25. The molecule has 2 heterocycles. The van der Waals surface area contributed by atoms with E-state index < -0.39 is 78.0 Å². The van der Waals surface area contributed by atoms with Crippen LogP contribution in [-0.2, 0) is 19.0 Å². The Balaban J connectivity index is 2.52. The van der Waals surface area contributed by atoms with Crippen molar-refractivity contribution in [3.63, 3.8) is 0 Å². The average molecular weight is 593 g/mol. The minimum atomic E-state index is -1.83. The van der Waals surface area contributed by atoms with Gasteiger partial charge in [-0.2, -0.15) is 0 Å². The van der Waals surface area contributed by atoms with E-state index in [4.69, 9.17) is 14.2 Å². The molecule has 12 heteroatoms. The van der Waals surface area contributed by atoms with E-state index in [1.807, 2.05) is 25.9 Å². The van der Waals surface area contributed by atoms with Gasteiger partial charge in [0.15, 0.2) is 6.29 Å². The Kier molecular flexibility index (Phi) is 12.6. The van der Waals surface area contributed by atoms with Gasteiger partial charge in [0, 0.05) is 31.0 Å². The number of carbonyl (C=O) groups excluding carboxylic acids is 1. The predicted octanol–water partition coefficient (Wildman–Crippen LogP) is -0.300. The fourth-order valence-corrected chi connectivity index (χ4v) is 6.35. The summed E-state index contributed by atoms with van der Waals surface area (Å²) in [7, 11) is 5.35. The molecule has 2 aliphatic heterocycles. The molecule has 0 unspecified atom stereocenters. The van der Waals surface area contributed by atoms with Crippen molar-refractivity contribution in [1.82, 2.24) is 9.80 Å². The van der Waals surface area contributed by atoms with Crippen LogP contribution < -0.4 is 0 Å². The number of esters is 1. The van der Waals surface area contributed by atoms with Crippen molar-refractivity contribution in [2.24, 2.45) is 11.8 Å². The first-order valence-corrected chi connectivity index (χ1v) is 14.8. The Bertz CT molecular complexity index is 842. The molecule has 14 atom stereocenters. The number of nitrogens with zero attached hydrogens (tertiary/aromatic N) is 2. The van der Waals surface area contributed by atoms with E-state index in [9.17, 15) is 35.4 Å². The number of β-amino-alcohol motifs (C(OH)–C–C–N with tert-alkyl or cyclic N) is 1. The van der Waals surface area contributed by atoms with Crippen molar-refractivity contribution < 1.29 is 49.6 Å². The second kappa shape index (κ2) is 14.2. The van der Waals surface area contributed by atoms with Gasteiger partial charge in [-0.25, -0.2) is 0 Å². The van der Waals surface area contributed by atoms with E-state index in [0.717, 1.165) is 0 Å². The van der Waals surface area contributed by atoms with Crippen LogP contribution in [0.1, 0.15) is 67.7 Å². The van der Waals surface area contributed by atoms with Gasteiger partial charge in [0.1, 0.15) is 23.9 Å². The van der Waals surface area contributed by atoms with Gasteiger partial charge in [0.25, 0.3) is 0 Å². The van der Waals surface area contributed by atoms with Gasteiger partial charge in [-0.1, -0.05) is 13.8 Å². The fraction of sp³-hybridized carbons (Fsp3) is 0.966. The largest absolute Gasteiger partial charge is 0.459 e. The molecule has 0 radical (unpaired) electrons. The monoisotopic (exact) mass is 592 g/mol. The molecular formula is C29H56N2O10. The first-order chi connectivity index (χ1) is 18.8. The molecule has 6 N–H and O–H groups in total. The number of ether oxygens (including phenoxy) is 3. The van der Waals surface area contributed by atoms with Crippen molar-refractivity contribution in [3.05, 3.63) is 0 Å². The highest BCUT2D eigenvalue weighted by Gasteiger charge is 2.50. The molecule has 0 spiro atoms. The van der Waals surface area contributed by atoms with Crippen LogP contribution in [0.5, 0.6) is 0 Å². The van der Waals surface area contributed by atoms with E-state index in [0.29, 0.717) is 6.42 Å². The Morgan fingerprint density at radius 1 is 1.05 bits per heavy atom. The highest BCUT2D eigenvalue weighted by Crippen LogP contribution is 2.35. The van der Waals surface area contributed by atoms with Gasteiger partial charge >= 0.3 is 5.97 Å². The zero-order valence-electron chi connectivity index (χ0n) is 26.5. The molecule has 0 aromatic carbocycles. The number of rotatable bonds is 4. The molecule has 0 aromatic heterocycles. The molecule has 0 bridgehead atoms. The molecule has 41 heavy (non-hydrogen) atoms. The summed E-state index contributed by atoms with van der Waals surface area (Å²) >= 11 is 0. The number of aliphatic hydroxyl groups excluding tert-OH is 4. The predicted molar refractivity (Wildman–Crippen MR) is 152 cm³/mol. The van der Waals surface area contributed by atoms with E-state index in [2.05, 4.69) is 0 Å². The maximum Gasteiger partial charge on any atom is 0.311 e. The van der Waals surface area contributed by atoms with Crippen molar-refractivity contribution >= 4 is 5.97 Å². The average Bonchev–Trinajstić information content (AvgIpc) is 2.87. The number of cyclic esters (lactones) is 1. The van der Waals surface area contributed by atoms with Crippen molar-refractivity contribution in [1.29, 1.82) is 0 Å². The van der Waals surface area contributed by atoms with E-state index in [1.165, 1.54) is 20.8 Å². The molecule has 0 saturated carbocycles. The smallest absolute Gasteiger partial charge is 0.311 e. The summed E-state index contributed by atoms with van der Waals surface area (Å²) in [6.45, 7) is 11.3. The maximum atomic E-state index is 13.2. The van der Waals surface area contributed by atoms with Crippen LogP contribution in [0.3, 0.4) is 0 Å². The molecular weight excluding hydrogens is 536 g/mol. The Labute approximate surface area is 245 Å². The zero-order chi connectivity index (χ0) is 31.6. The first kappa shape index (κ1) is 36.3. The minimum Gasteiger partial charge on any atom is -0.459 e. The third kappa shape index (κ3) is 8.37. The number of carbonyl (C=O) groups is 1. The van der Waals surface area contributed by atoms with Gasteiger partial charge < -0.3 is 49.7 Å². The summed E-state index contributed by atoms with van der Waals surface area (Å²) in [6, 6.07) is -0.942.